The van der Waals surface area contributed by atoms with Crippen LogP contribution in [-0.4, -0.2) is 25.6 Å². The van der Waals surface area contributed by atoms with Crippen LogP contribution in [0.3, 0.4) is 0 Å². The van der Waals surface area contributed by atoms with Crippen molar-refractivity contribution in [2.75, 3.05) is 19.7 Å². The Morgan fingerprint density at radius 3 is 2.84 bits per heavy atom. The summed E-state index contributed by atoms with van der Waals surface area (Å²) in [5, 5.41) is 2.86. The third-order valence-electron chi connectivity index (χ3n) is 2.58. The van der Waals surface area contributed by atoms with E-state index >= 15 is 0 Å². The molecule has 108 valence electrons. The second kappa shape index (κ2) is 9.64. The van der Waals surface area contributed by atoms with Crippen LogP contribution in [-0.2, 0) is 0 Å². The van der Waals surface area contributed by atoms with E-state index in [0.29, 0.717) is 25.3 Å². The first kappa shape index (κ1) is 17.7. The zero-order valence-electron chi connectivity index (χ0n) is 11.5. The molecule has 19 heavy (non-hydrogen) atoms. The number of hydrogen-bond donors (Lipinski definition) is 2. The Hall–Kier alpha value is -1.26. The lowest BCUT2D eigenvalue weighted by Gasteiger charge is -2.11. The minimum atomic E-state index is -0.0859. The highest BCUT2D eigenvalue weighted by atomic mass is 35.5. The van der Waals surface area contributed by atoms with Crippen LogP contribution in [0.15, 0.2) is 24.3 Å². The largest absolute Gasteiger partial charge is 0.494 e. The molecule has 0 aliphatic carbocycles. The van der Waals surface area contributed by atoms with Gasteiger partial charge in [-0.2, -0.15) is 0 Å². The first-order valence-electron chi connectivity index (χ1n) is 6.38. The molecule has 0 aliphatic rings. The smallest absolute Gasteiger partial charge is 0.251 e. The second-order valence-corrected chi connectivity index (χ2v) is 4.43. The monoisotopic (exact) mass is 286 g/mol. The highest BCUT2D eigenvalue weighted by Gasteiger charge is 2.07. The molecule has 1 aromatic rings. The highest BCUT2D eigenvalue weighted by molar-refractivity contribution is 5.94. The van der Waals surface area contributed by atoms with Crippen molar-refractivity contribution < 1.29 is 9.53 Å². The first-order valence-corrected chi connectivity index (χ1v) is 6.38. The van der Waals surface area contributed by atoms with E-state index in [1.165, 1.54) is 0 Å². The summed E-state index contributed by atoms with van der Waals surface area (Å²) in [7, 11) is 0. The molecule has 1 atom stereocenters. The van der Waals surface area contributed by atoms with Crippen LogP contribution in [0.1, 0.15) is 30.6 Å². The van der Waals surface area contributed by atoms with Gasteiger partial charge in [0.1, 0.15) is 5.75 Å². The van der Waals surface area contributed by atoms with Crippen LogP contribution >= 0.6 is 12.4 Å². The van der Waals surface area contributed by atoms with Gasteiger partial charge >= 0.3 is 0 Å². The Morgan fingerprint density at radius 2 is 2.21 bits per heavy atom. The number of halogens is 1. The van der Waals surface area contributed by atoms with Gasteiger partial charge < -0.3 is 15.8 Å². The molecular formula is C14H23ClN2O2. The van der Waals surface area contributed by atoms with Gasteiger partial charge in [0.15, 0.2) is 0 Å². The normalized spacial score (nSPS) is 11.3. The summed E-state index contributed by atoms with van der Waals surface area (Å²) in [6.07, 6.45) is 0.949. The van der Waals surface area contributed by atoms with Gasteiger partial charge in [-0.25, -0.2) is 0 Å². The number of carbonyl (C=O) groups is 1. The summed E-state index contributed by atoms with van der Waals surface area (Å²) in [6, 6.07) is 7.22. The fraction of sp³-hybridized carbons (Fsp3) is 0.500. The molecule has 0 radical (unpaired) electrons. The van der Waals surface area contributed by atoms with E-state index in [9.17, 15) is 4.79 Å². The van der Waals surface area contributed by atoms with Crippen LogP contribution in [0, 0.1) is 5.92 Å². The van der Waals surface area contributed by atoms with Crippen molar-refractivity contribution in [3.05, 3.63) is 29.8 Å². The number of nitrogens with two attached hydrogens (primary N) is 1. The third-order valence-corrected chi connectivity index (χ3v) is 2.58. The van der Waals surface area contributed by atoms with Gasteiger partial charge in [0.2, 0.25) is 0 Å². The van der Waals surface area contributed by atoms with Crippen LogP contribution in [0.4, 0.5) is 0 Å². The molecule has 0 aromatic heterocycles. The molecule has 0 heterocycles. The molecule has 3 N–H and O–H groups in total. The molecule has 1 rings (SSSR count). The molecule has 0 bridgehead atoms. The lowest BCUT2D eigenvalue weighted by molar-refractivity contribution is 0.0948. The topological polar surface area (TPSA) is 64.3 Å². The minimum absolute atomic E-state index is 0. The van der Waals surface area contributed by atoms with Crippen molar-refractivity contribution >= 4 is 18.3 Å². The third kappa shape index (κ3) is 6.45. The molecule has 4 nitrogen and oxygen atoms in total. The van der Waals surface area contributed by atoms with Crippen molar-refractivity contribution in [2.45, 2.75) is 20.3 Å². The maximum atomic E-state index is 11.9. The van der Waals surface area contributed by atoms with Crippen molar-refractivity contribution in [1.82, 2.24) is 5.32 Å². The summed E-state index contributed by atoms with van der Waals surface area (Å²) in [6.45, 7) is 5.87. The maximum absolute atomic E-state index is 11.9. The predicted molar refractivity (Wildman–Crippen MR) is 80.0 cm³/mol. The van der Waals surface area contributed by atoms with Crippen LogP contribution in [0.5, 0.6) is 5.75 Å². The molecule has 1 aromatic carbocycles. The van der Waals surface area contributed by atoms with Gasteiger partial charge in [-0.3, -0.25) is 4.79 Å². The molecular weight excluding hydrogens is 264 g/mol. The predicted octanol–water partition coefficient (Wildman–Crippen LogP) is 2.22. The quantitative estimate of drug-likeness (QED) is 0.808. The lowest BCUT2D eigenvalue weighted by atomic mass is 10.1. The summed E-state index contributed by atoms with van der Waals surface area (Å²) >= 11 is 0. The Morgan fingerprint density at radius 1 is 1.47 bits per heavy atom. The Kier molecular flexibility index (Phi) is 9.00. The molecule has 0 saturated heterocycles. The summed E-state index contributed by atoms with van der Waals surface area (Å²) < 4.78 is 5.49. The van der Waals surface area contributed by atoms with Gasteiger partial charge in [-0.05, 0) is 37.1 Å². The van der Waals surface area contributed by atoms with Gasteiger partial charge in [0, 0.05) is 12.1 Å². The average Bonchev–Trinajstić information content (AvgIpc) is 2.42. The standard InChI is InChI=1S/C14H22N2O2.ClH/c1-3-7-18-13-6-4-5-12(8-13)14(17)16-10-11(2)9-15;/h4-6,8,11H,3,7,9-10,15H2,1-2H3,(H,16,17);1H. The number of hydrogen-bond acceptors (Lipinski definition) is 3. The number of carbonyl (C=O) groups excluding carboxylic acids is 1. The van der Waals surface area contributed by atoms with E-state index in [1.54, 1.807) is 12.1 Å². The fourth-order valence-corrected chi connectivity index (χ4v) is 1.40. The summed E-state index contributed by atoms with van der Waals surface area (Å²) in [5.74, 6) is 0.932. The average molecular weight is 287 g/mol. The summed E-state index contributed by atoms with van der Waals surface area (Å²) in [4.78, 5) is 11.9. The van der Waals surface area contributed by atoms with Crippen molar-refractivity contribution in [3.63, 3.8) is 0 Å². The zero-order chi connectivity index (χ0) is 13.4. The van der Waals surface area contributed by atoms with Crippen LogP contribution in [0.2, 0.25) is 0 Å². The number of benzene rings is 1. The van der Waals surface area contributed by atoms with E-state index in [0.717, 1.165) is 12.2 Å². The van der Waals surface area contributed by atoms with E-state index in [1.807, 2.05) is 26.0 Å². The molecule has 0 aliphatic heterocycles. The number of rotatable bonds is 7. The van der Waals surface area contributed by atoms with Crippen molar-refractivity contribution in [1.29, 1.82) is 0 Å². The van der Waals surface area contributed by atoms with Crippen LogP contribution in [0.25, 0.3) is 0 Å². The molecule has 0 saturated carbocycles. The molecule has 5 heteroatoms. The Balaban J connectivity index is 0.00000324. The van der Waals surface area contributed by atoms with E-state index < -0.39 is 0 Å². The van der Waals surface area contributed by atoms with Gasteiger partial charge in [0.25, 0.3) is 5.91 Å². The molecule has 1 unspecified atom stereocenters. The number of nitrogens with one attached hydrogen (secondary N) is 1. The van der Waals surface area contributed by atoms with Crippen molar-refractivity contribution in [2.24, 2.45) is 11.7 Å². The SMILES string of the molecule is CCCOc1cccc(C(=O)NCC(C)CN)c1.Cl. The zero-order valence-corrected chi connectivity index (χ0v) is 12.3. The second-order valence-electron chi connectivity index (χ2n) is 4.43. The Bertz CT molecular complexity index is 385. The Labute approximate surface area is 121 Å². The fourth-order valence-electron chi connectivity index (χ4n) is 1.40. The maximum Gasteiger partial charge on any atom is 0.251 e. The minimum Gasteiger partial charge on any atom is -0.494 e. The highest BCUT2D eigenvalue weighted by Crippen LogP contribution is 2.13. The summed E-state index contributed by atoms with van der Waals surface area (Å²) in [5.41, 5.74) is 6.12. The van der Waals surface area contributed by atoms with E-state index in [2.05, 4.69) is 5.32 Å². The first-order chi connectivity index (χ1) is 8.67. The molecule has 0 fully saturated rings. The van der Waals surface area contributed by atoms with E-state index in [-0.39, 0.29) is 24.2 Å². The van der Waals surface area contributed by atoms with E-state index in [4.69, 9.17) is 10.5 Å². The van der Waals surface area contributed by atoms with Crippen LogP contribution < -0.4 is 15.8 Å². The molecule has 1 amide bonds. The van der Waals surface area contributed by atoms with Gasteiger partial charge in [-0.15, -0.1) is 12.4 Å². The van der Waals surface area contributed by atoms with Gasteiger partial charge in [-0.1, -0.05) is 19.9 Å². The number of amides is 1. The lowest BCUT2D eigenvalue weighted by Crippen LogP contribution is -2.31. The van der Waals surface area contributed by atoms with Crippen molar-refractivity contribution in [3.8, 4) is 5.75 Å². The van der Waals surface area contributed by atoms with Gasteiger partial charge in [0.05, 0.1) is 6.61 Å². The molecule has 0 spiro atoms. The number of ether oxygens (including phenoxy) is 1.